The van der Waals surface area contributed by atoms with Gasteiger partial charge in [0.25, 0.3) is 0 Å². The van der Waals surface area contributed by atoms with Gasteiger partial charge in [-0.05, 0) is 40.0 Å². The van der Waals surface area contributed by atoms with Crippen LogP contribution in [0.3, 0.4) is 0 Å². The summed E-state index contributed by atoms with van der Waals surface area (Å²) in [5.41, 5.74) is 2.56. The number of aliphatic carboxylic acids is 1. The Morgan fingerprint density at radius 1 is 1.14 bits per heavy atom. The normalized spacial score (nSPS) is 13.1. The molecule has 0 aliphatic heterocycles. The maximum atomic E-state index is 10.3. The zero-order valence-electron chi connectivity index (χ0n) is 9.34. The molecule has 0 saturated carbocycles. The van der Waals surface area contributed by atoms with Gasteiger partial charge in [-0.25, -0.2) is 0 Å². The molecule has 0 unspecified atom stereocenters. The summed E-state index contributed by atoms with van der Waals surface area (Å²) in [6.45, 7) is 6.14. The molecule has 2 nitrogen and oxygen atoms in total. The standard InChI is InChI=1S/C12H20O2/c1-4-10(2)6-5-7-11(3)8-9-12(13)14/h4,7H,5-6,8-9H2,1-3H3,(H,13,14). The molecule has 0 aliphatic rings. The highest BCUT2D eigenvalue weighted by Gasteiger charge is 1.97. The summed E-state index contributed by atoms with van der Waals surface area (Å²) in [5.74, 6) is -0.720. The van der Waals surface area contributed by atoms with Gasteiger partial charge in [0.2, 0.25) is 0 Å². The lowest BCUT2D eigenvalue weighted by Crippen LogP contribution is -1.94. The molecule has 0 amide bonds. The van der Waals surface area contributed by atoms with E-state index in [2.05, 4.69) is 19.1 Å². The van der Waals surface area contributed by atoms with Crippen LogP contribution in [0.5, 0.6) is 0 Å². The van der Waals surface area contributed by atoms with Crippen molar-refractivity contribution in [2.75, 3.05) is 0 Å². The fourth-order valence-electron chi connectivity index (χ4n) is 1.10. The molecule has 0 aliphatic carbocycles. The van der Waals surface area contributed by atoms with Gasteiger partial charge in [-0.1, -0.05) is 23.3 Å². The molecule has 0 radical (unpaired) electrons. The van der Waals surface area contributed by atoms with E-state index in [1.807, 2.05) is 13.8 Å². The molecule has 2 heteroatoms. The number of hydrogen-bond acceptors (Lipinski definition) is 1. The Kier molecular flexibility index (Phi) is 6.81. The van der Waals surface area contributed by atoms with Crippen LogP contribution in [0.25, 0.3) is 0 Å². The molecule has 0 bridgehead atoms. The Morgan fingerprint density at radius 2 is 1.79 bits per heavy atom. The largest absolute Gasteiger partial charge is 0.481 e. The summed E-state index contributed by atoms with van der Waals surface area (Å²) >= 11 is 0. The van der Waals surface area contributed by atoms with Gasteiger partial charge < -0.3 is 5.11 Å². The van der Waals surface area contributed by atoms with Crippen LogP contribution < -0.4 is 0 Å². The lowest BCUT2D eigenvalue weighted by atomic mass is 10.1. The third-order valence-corrected chi connectivity index (χ3v) is 2.26. The number of carbonyl (C=O) groups is 1. The van der Waals surface area contributed by atoms with Crippen LogP contribution in [-0.2, 0) is 4.79 Å². The molecule has 80 valence electrons. The van der Waals surface area contributed by atoms with Gasteiger partial charge in [-0.3, -0.25) is 4.79 Å². The summed E-state index contributed by atoms with van der Waals surface area (Å²) in [4.78, 5) is 10.3. The molecule has 0 heterocycles. The zero-order valence-corrected chi connectivity index (χ0v) is 9.34. The highest BCUT2D eigenvalue weighted by Crippen LogP contribution is 2.09. The van der Waals surface area contributed by atoms with E-state index in [9.17, 15) is 4.79 Å². The van der Waals surface area contributed by atoms with Crippen molar-refractivity contribution >= 4 is 5.97 Å². The second-order valence-corrected chi connectivity index (χ2v) is 3.62. The topological polar surface area (TPSA) is 37.3 Å². The molecular weight excluding hydrogens is 176 g/mol. The van der Waals surface area contributed by atoms with Crippen molar-refractivity contribution in [2.24, 2.45) is 0 Å². The molecule has 14 heavy (non-hydrogen) atoms. The monoisotopic (exact) mass is 196 g/mol. The number of allylic oxidation sites excluding steroid dienone is 4. The van der Waals surface area contributed by atoms with Crippen molar-refractivity contribution in [3.05, 3.63) is 23.3 Å². The number of rotatable bonds is 6. The lowest BCUT2D eigenvalue weighted by molar-refractivity contribution is -0.136. The van der Waals surface area contributed by atoms with Crippen LogP contribution in [0.4, 0.5) is 0 Å². The van der Waals surface area contributed by atoms with Crippen molar-refractivity contribution in [1.29, 1.82) is 0 Å². The van der Waals surface area contributed by atoms with E-state index < -0.39 is 5.97 Å². The van der Waals surface area contributed by atoms with E-state index in [0.29, 0.717) is 6.42 Å². The van der Waals surface area contributed by atoms with Gasteiger partial charge in [-0.15, -0.1) is 0 Å². The summed E-state index contributed by atoms with van der Waals surface area (Å²) < 4.78 is 0. The number of carboxylic acid groups (broad SMARTS) is 1. The fraction of sp³-hybridized carbons (Fsp3) is 0.583. The van der Waals surface area contributed by atoms with E-state index in [1.54, 1.807) is 0 Å². The summed E-state index contributed by atoms with van der Waals surface area (Å²) in [5, 5.41) is 8.48. The van der Waals surface area contributed by atoms with Gasteiger partial charge in [0.1, 0.15) is 0 Å². The maximum absolute atomic E-state index is 10.3. The van der Waals surface area contributed by atoms with Gasteiger partial charge >= 0.3 is 5.97 Å². The lowest BCUT2D eigenvalue weighted by Gasteiger charge is -1.99. The molecule has 0 aromatic rings. The highest BCUT2D eigenvalue weighted by atomic mass is 16.4. The molecule has 0 rings (SSSR count). The van der Waals surface area contributed by atoms with Crippen molar-refractivity contribution in [2.45, 2.75) is 46.5 Å². The Labute approximate surface area is 86.3 Å². The molecule has 0 atom stereocenters. The first-order chi connectivity index (χ1) is 6.56. The van der Waals surface area contributed by atoms with Crippen LogP contribution in [0.1, 0.15) is 46.5 Å². The van der Waals surface area contributed by atoms with E-state index in [1.165, 1.54) is 11.1 Å². The molecule has 0 aromatic heterocycles. The SMILES string of the molecule is CC=C(C)CCC=C(C)CCC(=O)O. The first-order valence-electron chi connectivity index (χ1n) is 5.05. The molecule has 0 fully saturated rings. The molecule has 0 saturated heterocycles. The minimum absolute atomic E-state index is 0.241. The molecule has 0 spiro atoms. The fourth-order valence-corrected chi connectivity index (χ4v) is 1.10. The van der Waals surface area contributed by atoms with Gasteiger partial charge in [0.15, 0.2) is 0 Å². The van der Waals surface area contributed by atoms with E-state index in [-0.39, 0.29) is 6.42 Å². The number of carboxylic acids is 1. The summed E-state index contributed by atoms with van der Waals surface area (Å²) in [6.07, 6.45) is 7.24. The average molecular weight is 196 g/mol. The predicted molar refractivity (Wildman–Crippen MR) is 59.3 cm³/mol. The Hall–Kier alpha value is -1.05. The van der Waals surface area contributed by atoms with Gasteiger partial charge in [-0.2, -0.15) is 0 Å². The number of hydrogen-bond donors (Lipinski definition) is 1. The maximum Gasteiger partial charge on any atom is 0.303 e. The highest BCUT2D eigenvalue weighted by molar-refractivity contribution is 5.66. The quantitative estimate of drug-likeness (QED) is 0.660. The first-order valence-corrected chi connectivity index (χ1v) is 5.05. The molecular formula is C12H20O2. The zero-order chi connectivity index (χ0) is 11.0. The predicted octanol–water partition coefficient (Wildman–Crippen LogP) is 3.54. The summed E-state index contributed by atoms with van der Waals surface area (Å²) in [7, 11) is 0. The van der Waals surface area contributed by atoms with Gasteiger partial charge in [0.05, 0.1) is 0 Å². The van der Waals surface area contributed by atoms with Crippen LogP contribution in [0, 0.1) is 0 Å². The van der Waals surface area contributed by atoms with Gasteiger partial charge in [0, 0.05) is 6.42 Å². The van der Waals surface area contributed by atoms with Crippen molar-refractivity contribution in [3.8, 4) is 0 Å². The minimum atomic E-state index is -0.720. The van der Waals surface area contributed by atoms with Crippen molar-refractivity contribution < 1.29 is 9.90 Å². The Morgan fingerprint density at radius 3 is 2.29 bits per heavy atom. The minimum Gasteiger partial charge on any atom is -0.481 e. The second-order valence-electron chi connectivity index (χ2n) is 3.62. The third kappa shape index (κ3) is 7.59. The summed E-state index contributed by atoms with van der Waals surface area (Å²) in [6, 6.07) is 0. The Balaban J connectivity index is 3.71. The van der Waals surface area contributed by atoms with E-state index in [0.717, 1.165) is 12.8 Å². The van der Waals surface area contributed by atoms with Crippen LogP contribution in [0.2, 0.25) is 0 Å². The van der Waals surface area contributed by atoms with Crippen LogP contribution in [-0.4, -0.2) is 11.1 Å². The first kappa shape index (κ1) is 12.9. The smallest absolute Gasteiger partial charge is 0.303 e. The second kappa shape index (κ2) is 7.36. The average Bonchev–Trinajstić information content (AvgIpc) is 2.14. The van der Waals surface area contributed by atoms with Crippen LogP contribution >= 0.6 is 0 Å². The molecule has 0 aromatic carbocycles. The van der Waals surface area contributed by atoms with Crippen LogP contribution in [0.15, 0.2) is 23.3 Å². The van der Waals surface area contributed by atoms with E-state index >= 15 is 0 Å². The third-order valence-electron chi connectivity index (χ3n) is 2.26. The van der Waals surface area contributed by atoms with E-state index in [4.69, 9.17) is 5.11 Å². The molecule has 1 N–H and O–H groups in total. The Bertz CT molecular complexity index is 237. The van der Waals surface area contributed by atoms with Crippen molar-refractivity contribution in [3.63, 3.8) is 0 Å². The van der Waals surface area contributed by atoms with Crippen molar-refractivity contribution in [1.82, 2.24) is 0 Å².